The van der Waals surface area contributed by atoms with E-state index >= 15 is 0 Å². The molecule has 1 amide bonds. The van der Waals surface area contributed by atoms with Gasteiger partial charge in [0.05, 0.1) is 6.10 Å². The third-order valence-corrected chi connectivity index (χ3v) is 4.63. The zero-order chi connectivity index (χ0) is 16.4. The summed E-state index contributed by atoms with van der Waals surface area (Å²) >= 11 is 0. The van der Waals surface area contributed by atoms with Crippen molar-refractivity contribution in [2.45, 2.75) is 38.1 Å². The summed E-state index contributed by atoms with van der Waals surface area (Å²) in [6.07, 6.45) is 1.29. The van der Waals surface area contributed by atoms with Gasteiger partial charge in [-0.25, -0.2) is 4.79 Å². The largest absolute Gasteiger partial charge is 0.428 e. The molecule has 2 atom stereocenters. The van der Waals surface area contributed by atoms with Gasteiger partial charge in [-0.3, -0.25) is 10.6 Å². The molecule has 0 aromatic heterocycles. The van der Waals surface area contributed by atoms with Crippen LogP contribution in [0.1, 0.15) is 24.5 Å². The van der Waals surface area contributed by atoms with Crippen molar-refractivity contribution in [3.05, 3.63) is 29.3 Å². The highest BCUT2D eigenvalue weighted by Crippen LogP contribution is 2.25. The Morgan fingerprint density at radius 1 is 1.43 bits per heavy atom. The second-order valence-electron chi connectivity index (χ2n) is 6.66. The minimum absolute atomic E-state index is 0.0773. The lowest BCUT2D eigenvalue weighted by Gasteiger charge is -2.26. The smallest absolute Gasteiger partial charge is 0.413 e. The molecule has 1 aromatic rings. The first-order chi connectivity index (χ1) is 11.0. The topological polar surface area (TPSA) is 62.8 Å². The maximum absolute atomic E-state index is 12.2. The molecule has 0 spiro atoms. The minimum Gasteiger partial charge on any atom is -0.428 e. The first kappa shape index (κ1) is 16.2. The van der Waals surface area contributed by atoms with Gasteiger partial charge in [-0.05, 0) is 43.7 Å². The van der Waals surface area contributed by atoms with Crippen molar-refractivity contribution in [2.75, 3.05) is 32.6 Å². The van der Waals surface area contributed by atoms with Gasteiger partial charge in [0, 0.05) is 38.9 Å². The number of amides is 1. The van der Waals surface area contributed by atoms with Gasteiger partial charge in [0.2, 0.25) is 0 Å². The van der Waals surface area contributed by atoms with Gasteiger partial charge in [-0.2, -0.15) is 0 Å². The zero-order valence-electron chi connectivity index (χ0n) is 14.0. The van der Waals surface area contributed by atoms with Crippen molar-refractivity contribution >= 4 is 11.8 Å². The molecule has 1 fully saturated rings. The Labute approximate surface area is 137 Å². The lowest BCUT2D eigenvalue weighted by Crippen LogP contribution is -2.42. The Morgan fingerprint density at radius 2 is 2.26 bits per heavy atom. The van der Waals surface area contributed by atoms with Crippen LogP contribution >= 0.6 is 0 Å². The van der Waals surface area contributed by atoms with Crippen LogP contribution in [0.25, 0.3) is 0 Å². The highest BCUT2D eigenvalue weighted by atomic mass is 16.6. The lowest BCUT2D eigenvalue weighted by atomic mass is 9.99. The molecule has 0 bridgehead atoms. The van der Waals surface area contributed by atoms with Gasteiger partial charge in [0.15, 0.2) is 5.72 Å². The fraction of sp³-hybridized carbons (Fsp3) is 0.588. The van der Waals surface area contributed by atoms with Crippen molar-refractivity contribution in [3.8, 4) is 0 Å². The monoisotopic (exact) mass is 319 g/mol. The first-order valence-electron chi connectivity index (χ1n) is 8.05. The van der Waals surface area contributed by atoms with E-state index in [0.29, 0.717) is 13.0 Å². The Kier molecular flexibility index (Phi) is 4.57. The number of anilines is 1. The predicted molar refractivity (Wildman–Crippen MR) is 88.4 cm³/mol. The highest BCUT2D eigenvalue weighted by molar-refractivity contribution is 5.85. The number of methoxy groups -OCH3 is 1. The number of nitrogens with one attached hydrogen (secondary N) is 2. The molecule has 2 heterocycles. The van der Waals surface area contributed by atoms with Crippen molar-refractivity contribution in [3.63, 3.8) is 0 Å². The Morgan fingerprint density at radius 3 is 3.00 bits per heavy atom. The average molecular weight is 319 g/mol. The zero-order valence-corrected chi connectivity index (χ0v) is 14.0. The van der Waals surface area contributed by atoms with Crippen molar-refractivity contribution in [1.82, 2.24) is 10.2 Å². The number of ether oxygens (including phenoxy) is 2. The summed E-state index contributed by atoms with van der Waals surface area (Å²) in [6.45, 7) is 4.56. The number of carbonyl (C=O) groups excluding carboxylic acids is 1. The number of hydrogen-bond donors (Lipinski definition) is 2. The van der Waals surface area contributed by atoms with Crippen LogP contribution in [0.2, 0.25) is 0 Å². The van der Waals surface area contributed by atoms with Gasteiger partial charge in [-0.1, -0.05) is 6.07 Å². The molecule has 3 rings (SSSR count). The van der Waals surface area contributed by atoms with E-state index in [9.17, 15) is 4.79 Å². The van der Waals surface area contributed by atoms with Crippen LogP contribution in [0.15, 0.2) is 18.2 Å². The summed E-state index contributed by atoms with van der Waals surface area (Å²) in [4.78, 5) is 14.5. The molecule has 6 nitrogen and oxygen atoms in total. The van der Waals surface area contributed by atoms with Crippen LogP contribution < -0.4 is 10.6 Å². The highest BCUT2D eigenvalue weighted by Gasteiger charge is 2.38. The molecule has 2 aliphatic heterocycles. The van der Waals surface area contributed by atoms with Gasteiger partial charge in [0.1, 0.15) is 0 Å². The van der Waals surface area contributed by atoms with Gasteiger partial charge in [-0.15, -0.1) is 0 Å². The Balaban J connectivity index is 1.60. The van der Waals surface area contributed by atoms with E-state index in [1.165, 1.54) is 11.1 Å². The summed E-state index contributed by atoms with van der Waals surface area (Å²) in [5, 5.41) is 6.02. The molecule has 1 saturated heterocycles. The van der Waals surface area contributed by atoms with Crippen molar-refractivity contribution < 1.29 is 14.3 Å². The summed E-state index contributed by atoms with van der Waals surface area (Å²) in [6, 6.07) is 6.06. The normalized spacial score (nSPS) is 27.5. The molecule has 0 unspecified atom stereocenters. The molecule has 23 heavy (non-hydrogen) atoms. The SMILES string of the molecule is CO[C@H]1CN[C@@](C)(OC(=O)Nc2ccc3c(c2)CCN(C)C3)C1. The van der Waals surface area contributed by atoms with Crippen LogP contribution in [0.3, 0.4) is 0 Å². The number of fused-ring (bicyclic) bond motifs is 1. The average Bonchev–Trinajstić information content (AvgIpc) is 2.88. The Hall–Kier alpha value is -1.63. The van der Waals surface area contributed by atoms with E-state index in [1.54, 1.807) is 7.11 Å². The number of nitrogens with zero attached hydrogens (tertiary/aromatic N) is 1. The molecule has 2 N–H and O–H groups in total. The van der Waals surface area contributed by atoms with E-state index in [0.717, 1.165) is 25.2 Å². The third kappa shape index (κ3) is 3.83. The van der Waals surface area contributed by atoms with E-state index in [4.69, 9.17) is 9.47 Å². The molecular formula is C17H25N3O3. The number of carbonyl (C=O) groups is 1. The molecule has 1 aromatic carbocycles. The quantitative estimate of drug-likeness (QED) is 0.891. The molecule has 0 radical (unpaired) electrons. The first-order valence-corrected chi connectivity index (χ1v) is 8.05. The lowest BCUT2D eigenvalue weighted by molar-refractivity contribution is 0.00867. The maximum Gasteiger partial charge on any atom is 0.413 e. The fourth-order valence-corrected chi connectivity index (χ4v) is 3.27. The molecule has 126 valence electrons. The summed E-state index contributed by atoms with van der Waals surface area (Å²) < 4.78 is 10.8. The molecule has 6 heteroatoms. The van der Waals surface area contributed by atoms with Crippen molar-refractivity contribution in [2.24, 2.45) is 0 Å². The maximum atomic E-state index is 12.2. The van der Waals surface area contributed by atoms with Crippen LogP contribution in [0.4, 0.5) is 10.5 Å². The summed E-state index contributed by atoms with van der Waals surface area (Å²) in [7, 11) is 3.79. The second-order valence-corrected chi connectivity index (χ2v) is 6.66. The standard InChI is InChI=1S/C17H25N3O3/c1-17(9-15(22-3)10-18-17)23-16(21)19-14-5-4-13-11-20(2)7-6-12(13)8-14/h4-5,8,15,18H,6-7,9-11H2,1-3H3,(H,19,21)/t15-,17+/m1/s1. The number of benzene rings is 1. The molecule has 2 aliphatic rings. The predicted octanol–water partition coefficient (Wildman–Crippen LogP) is 1.95. The van der Waals surface area contributed by atoms with E-state index in [2.05, 4.69) is 28.6 Å². The third-order valence-electron chi connectivity index (χ3n) is 4.63. The van der Waals surface area contributed by atoms with Crippen LogP contribution in [-0.4, -0.2) is 50.1 Å². The van der Waals surface area contributed by atoms with Gasteiger partial charge < -0.3 is 14.4 Å². The van der Waals surface area contributed by atoms with Gasteiger partial charge in [0.25, 0.3) is 0 Å². The second kappa shape index (κ2) is 6.47. The molecule has 0 aliphatic carbocycles. The number of rotatable bonds is 3. The fourth-order valence-electron chi connectivity index (χ4n) is 3.27. The number of likely N-dealkylation sites (N-methyl/N-ethyl adjacent to an activating group) is 1. The van der Waals surface area contributed by atoms with Crippen LogP contribution in [0, 0.1) is 0 Å². The molecular weight excluding hydrogens is 294 g/mol. The van der Waals surface area contributed by atoms with E-state index in [1.807, 2.05) is 19.1 Å². The van der Waals surface area contributed by atoms with E-state index < -0.39 is 11.8 Å². The number of hydrogen-bond acceptors (Lipinski definition) is 5. The van der Waals surface area contributed by atoms with E-state index in [-0.39, 0.29) is 6.10 Å². The Bertz CT molecular complexity index is 592. The minimum atomic E-state index is -0.679. The van der Waals surface area contributed by atoms with Gasteiger partial charge >= 0.3 is 6.09 Å². The van der Waals surface area contributed by atoms with Crippen LogP contribution in [-0.2, 0) is 22.4 Å². The molecule has 0 saturated carbocycles. The van der Waals surface area contributed by atoms with Crippen LogP contribution in [0.5, 0.6) is 0 Å². The summed E-state index contributed by atoms with van der Waals surface area (Å²) in [5.41, 5.74) is 2.72. The van der Waals surface area contributed by atoms with Crippen molar-refractivity contribution in [1.29, 1.82) is 0 Å². The summed E-state index contributed by atoms with van der Waals surface area (Å²) in [5.74, 6) is 0.